The molecule has 1 saturated carbocycles. The summed E-state index contributed by atoms with van der Waals surface area (Å²) >= 11 is 6.80. The van der Waals surface area contributed by atoms with E-state index >= 15 is 0 Å². The summed E-state index contributed by atoms with van der Waals surface area (Å²) < 4.78 is 0. The first kappa shape index (κ1) is 18.8. The van der Waals surface area contributed by atoms with Crippen LogP contribution in [0.15, 0.2) is 48.5 Å². The molecule has 1 heterocycles. The molecule has 4 heteroatoms. The molecule has 154 valence electrons. The number of ketones is 1. The van der Waals surface area contributed by atoms with Gasteiger partial charge in [-0.3, -0.25) is 4.79 Å². The molecule has 6 rings (SSSR count). The number of rotatable bonds is 2. The van der Waals surface area contributed by atoms with Gasteiger partial charge in [-0.05, 0) is 43.5 Å². The van der Waals surface area contributed by atoms with Gasteiger partial charge in [-0.15, -0.1) is 0 Å². The first-order valence-electron chi connectivity index (χ1n) is 11.1. The summed E-state index contributed by atoms with van der Waals surface area (Å²) in [5, 5.41) is 6.24. The minimum Gasteiger partial charge on any atom is -0.380 e. The first-order chi connectivity index (χ1) is 15.1. The molecule has 0 amide bonds. The van der Waals surface area contributed by atoms with Crippen LogP contribution < -0.4 is 5.32 Å². The second kappa shape index (κ2) is 7.06. The predicted molar refractivity (Wildman–Crippen MR) is 128 cm³/mol. The van der Waals surface area contributed by atoms with Gasteiger partial charge in [0.15, 0.2) is 5.78 Å². The standard InChI is InChI=1S/C27H23ClN2O/c1-15-11-12-21-19(13-15)23-17-9-5-6-10-18(17)27(31)25-24(23)22(30-21)14-20(28)26(25)29-16-7-3-2-4-8-16/h5-6,9-14,16,29H,2-4,7-8H2,1H3. The molecule has 0 bridgehead atoms. The summed E-state index contributed by atoms with van der Waals surface area (Å²) in [4.78, 5) is 18.7. The molecule has 4 aromatic rings. The second-order valence-electron chi connectivity index (χ2n) is 8.86. The number of hydrogen-bond donors (Lipinski definition) is 1. The highest BCUT2D eigenvalue weighted by molar-refractivity contribution is 6.39. The molecule has 0 atom stereocenters. The molecule has 0 aliphatic heterocycles. The molecule has 0 radical (unpaired) electrons. The minimum absolute atomic E-state index is 0.0303. The molecule has 1 N–H and O–H groups in total. The molecule has 2 aliphatic carbocycles. The van der Waals surface area contributed by atoms with Crippen LogP contribution >= 0.6 is 11.6 Å². The Morgan fingerprint density at radius 3 is 2.52 bits per heavy atom. The lowest BCUT2D eigenvalue weighted by Crippen LogP contribution is -2.24. The van der Waals surface area contributed by atoms with E-state index < -0.39 is 0 Å². The molecule has 1 fully saturated rings. The Balaban J connectivity index is 1.73. The fourth-order valence-electron chi connectivity index (χ4n) is 5.32. The molecule has 1 aromatic heterocycles. The molecule has 0 spiro atoms. The zero-order chi connectivity index (χ0) is 21.1. The maximum atomic E-state index is 13.8. The fourth-order valence-corrected chi connectivity index (χ4v) is 5.58. The molecule has 0 saturated heterocycles. The Morgan fingerprint density at radius 2 is 1.71 bits per heavy atom. The third-order valence-corrected chi connectivity index (χ3v) is 7.09. The van der Waals surface area contributed by atoms with Crippen LogP contribution in [-0.2, 0) is 0 Å². The number of fused-ring (bicyclic) bond motifs is 4. The lowest BCUT2D eigenvalue weighted by Gasteiger charge is -2.28. The number of pyridine rings is 1. The van der Waals surface area contributed by atoms with Gasteiger partial charge in [0, 0.05) is 27.9 Å². The van der Waals surface area contributed by atoms with Crippen LogP contribution in [0.5, 0.6) is 0 Å². The lowest BCUT2D eigenvalue weighted by atomic mass is 9.81. The third-order valence-electron chi connectivity index (χ3n) is 6.79. The van der Waals surface area contributed by atoms with Gasteiger partial charge in [0.2, 0.25) is 0 Å². The van der Waals surface area contributed by atoms with Gasteiger partial charge in [0.25, 0.3) is 0 Å². The highest BCUT2D eigenvalue weighted by Crippen LogP contribution is 2.47. The van der Waals surface area contributed by atoms with Crippen molar-refractivity contribution in [3.63, 3.8) is 0 Å². The number of aromatic nitrogens is 1. The largest absolute Gasteiger partial charge is 0.380 e. The number of halogens is 1. The van der Waals surface area contributed by atoms with Crippen molar-refractivity contribution in [2.75, 3.05) is 5.32 Å². The van der Waals surface area contributed by atoms with Gasteiger partial charge in [-0.2, -0.15) is 0 Å². The fraction of sp³-hybridized carbons (Fsp3) is 0.259. The van der Waals surface area contributed by atoms with E-state index in [0.29, 0.717) is 16.6 Å². The van der Waals surface area contributed by atoms with Crippen LogP contribution in [0, 0.1) is 6.92 Å². The van der Waals surface area contributed by atoms with E-state index in [1.54, 1.807) is 0 Å². The molecule has 2 aliphatic rings. The Kier molecular flexibility index (Phi) is 4.29. The molecule has 31 heavy (non-hydrogen) atoms. The zero-order valence-electron chi connectivity index (χ0n) is 17.5. The Labute approximate surface area is 186 Å². The first-order valence-corrected chi connectivity index (χ1v) is 11.5. The topological polar surface area (TPSA) is 42.0 Å². The number of benzene rings is 3. The molecular weight excluding hydrogens is 404 g/mol. The smallest absolute Gasteiger partial charge is 0.196 e. The Morgan fingerprint density at radius 1 is 0.935 bits per heavy atom. The van der Waals surface area contributed by atoms with Crippen molar-refractivity contribution in [1.29, 1.82) is 0 Å². The van der Waals surface area contributed by atoms with Crippen molar-refractivity contribution in [3.05, 3.63) is 70.2 Å². The van der Waals surface area contributed by atoms with Gasteiger partial charge in [-0.1, -0.05) is 66.8 Å². The number of hydrogen-bond acceptors (Lipinski definition) is 3. The Hall–Kier alpha value is -2.91. The van der Waals surface area contributed by atoms with Gasteiger partial charge in [-0.25, -0.2) is 4.98 Å². The highest BCUT2D eigenvalue weighted by atomic mass is 35.5. The van der Waals surface area contributed by atoms with Crippen LogP contribution in [-0.4, -0.2) is 16.8 Å². The van der Waals surface area contributed by atoms with E-state index in [2.05, 4.69) is 36.5 Å². The number of carbonyl (C=O) groups is 1. The highest BCUT2D eigenvalue weighted by Gasteiger charge is 2.32. The average Bonchev–Trinajstić information content (AvgIpc) is 2.78. The monoisotopic (exact) mass is 426 g/mol. The van der Waals surface area contributed by atoms with Crippen LogP contribution in [0.25, 0.3) is 32.9 Å². The maximum absolute atomic E-state index is 13.8. The SMILES string of the molecule is Cc1ccc2nc3cc(Cl)c(NC4CCCCC4)c4c3c(c2c1)-c1ccccc1C4=O. The molecule has 0 unspecified atom stereocenters. The van der Waals surface area contributed by atoms with Crippen LogP contribution in [0.4, 0.5) is 5.69 Å². The van der Waals surface area contributed by atoms with E-state index in [0.717, 1.165) is 57.0 Å². The number of aryl methyl sites for hydroxylation is 1. The van der Waals surface area contributed by atoms with Gasteiger partial charge in [0.1, 0.15) is 0 Å². The van der Waals surface area contributed by atoms with Gasteiger partial charge >= 0.3 is 0 Å². The summed E-state index contributed by atoms with van der Waals surface area (Å²) in [5.74, 6) is 0.0303. The Bertz CT molecular complexity index is 1390. The van der Waals surface area contributed by atoms with Crippen molar-refractivity contribution in [3.8, 4) is 11.1 Å². The summed E-state index contributed by atoms with van der Waals surface area (Å²) in [6, 6.07) is 16.5. The second-order valence-corrected chi connectivity index (χ2v) is 9.27. The van der Waals surface area contributed by atoms with Crippen LogP contribution in [0.3, 0.4) is 0 Å². The number of anilines is 1. The van der Waals surface area contributed by atoms with Crippen molar-refractivity contribution in [1.82, 2.24) is 4.98 Å². The van der Waals surface area contributed by atoms with Crippen LogP contribution in [0.2, 0.25) is 5.02 Å². The molecule has 3 nitrogen and oxygen atoms in total. The van der Waals surface area contributed by atoms with Crippen molar-refractivity contribution < 1.29 is 4.79 Å². The maximum Gasteiger partial charge on any atom is 0.196 e. The van der Waals surface area contributed by atoms with Gasteiger partial charge in [0.05, 0.1) is 27.3 Å². The van der Waals surface area contributed by atoms with Gasteiger partial charge < -0.3 is 5.32 Å². The van der Waals surface area contributed by atoms with Crippen molar-refractivity contribution in [2.45, 2.75) is 45.1 Å². The van der Waals surface area contributed by atoms with E-state index in [-0.39, 0.29) is 5.78 Å². The average molecular weight is 427 g/mol. The number of nitrogens with zero attached hydrogens (tertiary/aromatic N) is 1. The summed E-state index contributed by atoms with van der Waals surface area (Å²) in [6.07, 6.45) is 5.93. The van der Waals surface area contributed by atoms with Crippen LogP contribution in [0.1, 0.15) is 53.6 Å². The summed E-state index contributed by atoms with van der Waals surface area (Å²) in [5.41, 5.74) is 7.14. The van der Waals surface area contributed by atoms with E-state index in [4.69, 9.17) is 16.6 Å². The van der Waals surface area contributed by atoms with Crippen molar-refractivity contribution in [2.24, 2.45) is 0 Å². The van der Waals surface area contributed by atoms with Crippen molar-refractivity contribution >= 4 is 44.9 Å². The lowest BCUT2D eigenvalue weighted by molar-refractivity contribution is 0.104. The quantitative estimate of drug-likeness (QED) is 0.301. The number of carbonyl (C=O) groups excluding carboxylic acids is 1. The predicted octanol–water partition coefficient (Wildman–Crippen LogP) is 7.31. The summed E-state index contributed by atoms with van der Waals surface area (Å²) in [6.45, 7) is 2.09. The van der Waals surface area contributed by atoms with E-state index in [9.17, 15) is 4.79 Å². The third kappa shape index (κ3) is 2.87. The van der Waals surface area contributed by atoms with E-state index in [1.807, 2.05) is 24.3 Å². The zero-order valence-corrected chi connectivity index (χ0v) is 18.2. The number of nitrogens with one attached hydrogen (secondary N) is 1. The minimum atomic E-state index is 0.0303. The normalized spacial score (nSPS) is 16.0. The molecular formula is C27H23ClN2O. The molecule has 3 aromatic carbocycles. The summed E-state index contributed by atoms with van der Waals surface area (Å²) in [7, 11) is 0. The van der Waals surface area contributed by atoms with E-state index in [1.165, 1.54) is 24.8 Å².